The van der Waals surface area contributed by atoms with Crippen LogP contribution in [0.2, 0.25) is 5.02 Å². The van der Waals surface area contributed by atoms with E-state index in [-0.39, 0.29) is 18.2 Å². The third kappa shape index (κ3) is 6.19. The van der Waals surface area contributed by atoms with Gasteiger partial charge in [-0.2, -0.15) is 0 Å². The Kier molecular flexibility index (Phi) is 7.42. The summed E-state index contributed by atoms with van der Waals surface area (Å²) in [6.07, 6.45) is 0.906. The molecule has 5 heteroatoms. The van der Waals surface area contributed by atoms with Crippen molar-refractivity contribution < 1.29 is 9.59 Å². The molecule has 1 atom stereocenters. The number of carbonyl (C=O) groups excluding carboxylic acids is 2. The van der Waals surface area contributed by atoms with Crippen LogP contribution in [0.4, 0.5) is 0 Å². The first kappa shape index (κ1) is 20.6. The Morgan fingerprint density at radius 3 is 2.14 bits per heavy atom. The Hall–Kier alpha value is -3.11. The van der Waals surface area contributed by atoms with Crippen LogP contribution in [0.1, 0.15) is 33.9 Å². The third-order valence-corrected chi connectivity index (χ3v) is 4.92. The van der Waals surface area contributed by atoms with Crippen molar-refractivity contribution in [1.82, 2.24) is 10.6 Å². The highest BCUT2D eigenvalue weighted by atomic mass is 35.5. The van der Waals surface area contributed by atoms with Gasteiger partial charge in [0, 0.05) is 6.54 Å². The van der Waals surface area contributed by atoms with E-state index in [0.717, 1.165) is 12.0 Å². The van der Waals surface area contributed by atoms with Crippen LogP contribution in [0, 0.1) is 0 Å². The van der Waals surface area contributed by atoms with Crippen LogP contribution in [0.3, 0.4) is 0 Å². The molecule has 148 valence electrons. The second-order valence-electron chi connectivity index (χ2n) is 6.71. The van der Waals surface area contributed by atoms with Crippen molar-refractivity contribution in [2.75, 3.05) is 6.54 Å². The van der Waals surface area contributed by atoms with Gasteiger partial charge in [0.05, 0.1) is 23.0 Å². The Bertz CT molecular complexity index is 945. The average molecular weight is 407 g/mol. The molecule has 0 fully saturated rings. The highest BCUT2D eigenvalue weighted by Gasteiger charge is 2.20. The normalized spacial score (nSPS) is 11.5. The van der Waals surface area contributed by atoms with Crippen LogP contribution in [0.15, 0.2) is 84.9 Å². The lowest BCUT2D eigenvalue weighted by atomic mass is 10.0. The fourth-order valence-corrected chi connectivity index (χ4v) is 3.29. The summed E-state index contributed by atoms with van der Waals surface area (Å²) in [7, 11) is 0. The van der Waals surface area contributed by atoms with Crippen molar-refractivity contribution in [3.8, 4) is 0 Å². The molecule has 0 aromatic heterocycles. The Balaban J connectivity index is 1.63. The Morgan fingerprint density at radius 1 is 0.828 bits per heavy atom. The molecule has 2 N–H and O–H groups in total. The lowest BCUT2D eigenvalue weighted by molar-refractivity contribution is -0.121. The molecule has 3 rings (SSSR count). The molecule has 3 aromatic carbocycles. The predicted octanol–water partition coefficient (Wildman–Crippen LogP) is 4.56. The number of hydrogen-bond acceptors (Lipinski definition) is 2. The zero-order valence-corrected chi connectivity index (χ0v) is 16.7. The fourth-order valence-electron chi connectivity index (χ4n) is 3.07. The molecular weight excluding hydrogens is 384 g/mol. The summed E-state index contributed by atoms with van der Waals surface area (Å²) in [5.41, 5.74) is 2.42. The standard InChI is InChI=1S/C24H23ClN2O2/c25-21-14-8-7-13-20(21)24(29)27-22(19-11-5-2-6-12-19)17-23(28)26-16-15-18-9-3-1-4-10-18/h1-14,22H,15-17H2,(H,26,28)(H,27,29)/t22-/m0/s1. The molecular formula is C24H23ClN2O2. The van der Waals surface area contributed by atoms with Gasteiger partial charge < -0.3 is 10.6 Å². The molecule has 0 aliphatic carbocycles. The van der Waals surface area contributed by atoms with Crippen LogP contribution in [-0.2, 0) is 11.2 Å². The van der Waals surface area contributed by atoms with E-state index in [2.05, 4.69) is 10.6 Å². The Labute approximate surface area is 175 Å². The Morgan fingerprint density at radius 2 is 1.45 bits per heavy atom. The summed E-state index contributed by atoms with van der Waals surface area (Å²) in [5.74, 6) is -0.421. The maximum atomic E-state index is 12.7. The fraction of sp³-hybridized carbons (Fsp3) is 0.167. The van der Waals surface area contributed by atoms with Crippen LogP contribution in [-0.4, -0.2) is 18.4 Å². The maximum absolute atomic E-state index is 12.7. The first-order chi connectivity index (χ1) is 14.1. The van der Waals surface area contributed by atoms with Crippen LogP contribution in [0.25, 0.3) is 0 Å². The molecule has 0 saturated heterocycles. The molecule has 29 heavy (non-hydrogen) atoms. The lowest BCUT2D eigenvalue weighted by Gasteiger charge is -2.19. The molecule has 0 aliphatic heterocycles. The topological polar surface area (TPSA) is 58.2 Å². The summed E-state index contributed by atoms with van der Waals surface area (Å²) >= 11 is 6.14. The van der Waals surface area contributed by atoms with Gasteiger partial charge in [-0.25, -0.2) is 0 Å². The number of benzene rings is 3. The maximum Gasteiger partial charge on any atom is 0.253 e. The van der Waals surface area contributed by atoms with Crippen molar-refractivity contribution in [2.45, 2.75) is 18.9 Å². The summed E-state index contributed by atoms with van der Waals surface area (Å²) in [6, 6.07) is 25.9. The summed E-state index contributed by atoms with van der Waals surface area (Å²) in [6.45, 7) is 0.544. The van der Waals surface area contributed by atoms with Gasteiger partial charge in [0.1, 0.15) is 0 Å². The second-order valence-corrected chi connectivity index (χ2v) is 7.11. The lowest BCUT2D eigenvalue weighted by Crippen LogP contribution is -2.34. The van der Waals surface area contributed by atoms with E-state index in [0.29, 0.717) is 17.1 Å². The van der Waals surface area contributed by atoms with E-state index in [4.69, 9.17) is 11.6 Å². The highest BCUT2D eigenvalue weighted by Crippen LogP contribution is 2.20. The number of rotatable bonds is 8. The molecule has 2 amide bonds. The molecule has 0 bridgehead atoms. The first-order valence-electron chi connectivity index (χ1n) is 9.54. The molecule has 0 radical (unpaired) electrons. The van der Waals surface area contributed by atoms with Gasteiger partial charge in [-0.05, 0) is 29.7 Å². The van der Waals surface area contributed by atoms with E-state index in [9.17, 15) is 9.59 Å². The molecule has 0 spiro atoms. The van der Waals surface area contributed by atoms with Crippen LogP contribution in [0.5, 0.6) is 0 Å². The van der Waals surface area contributed by atoms with Gasteiger partial charge in [-0.1, -0.05) is 84.4 Å². The summed E-state index contributed by atoms with van der Waals surface area (Å²) < 4.78 is 0. The summed E-state index contributed by atoms with van der Waals surface area (Å²) in [4.78, 5) is 25.2. The second kappa shape index (κ2) is 10.4. The summed E-state index contributed by atoms with van der Waals surface area (Å²) in [5, 5.41) is 6.26. The highest BCUT2D eigenvalue weighted by molar-refractivity contribution is 6.33. The molecule has 0 unspecified atom stereocenters. The van der Waals surface area contributed by atoms with Crippen molar-refractivity contribution in [3.63, 3.8) is 0 Å². The van der Waals surface area contributed by atoms with Gasteiger partial charge >= 0.3 is 0 Å². The SMILES string of the molecule is O=C(C[C@H](NC(=O)c1ccccc1Cl)c1ccccc1)NCCc1ccccc1. The number of carbonyl (C=O) groups is 2. The van der Waals surface area contributed by atoms with Gasteiger partial charge in [0.2, 0.25) is 5.91 Å². The molecule has 4 nitrogen and oxygen atoms in total. The number of halogens is 1. The minimum absolute atomic E-state index is 0.116. The molecule has 0 heterocycles. The smallest absolute Gasteiger partial charge is 0.253 e. The number of hydrogen-bond donors (Lipinski definition) is 2. The van der Waals surface area contributed by atoms with E-state index >= 15 is 0 Å². The zero-order chi connectivity index (χ0) is 20.5. The first-order valence-corrected chi connectivity index (χ1v) is 9.92. The minimum Gasteiger partial charge on any atom is -0.356 e. The van der Waals surface area contributed by atoms with E-state index < -0.39 is 6.04 Å². The number of nitrogens with one attached hydrogen (secondary N) is 2. The van der Waals surface area contributed by atoms with E-state index in [1.54, 1.807) is 24.3 Å². The van der Waals surface area contributed by atoms with Gasteiger partial charge in [-0.3, -0.25) is 9.59 Å². The molecule has 0 aliphatic rings. The third-order valence-electron chi connectivity index (χ3n) is 4.59. The van der Waals surface area contributed by atoms with Crippen LogP contribution < -0.4 is 10.6 Å². The molecule has 0 saturated carbocycles. The number of amides is 2. The van der Waals surface area contributed by atoms with Gasteiger partial charge in [-0.15, -0.1) is 0 Å². The van der Waals surface area contributed by atoms with Gasteiger partial charge in [0.15, 0.2) is 0 Å². The largest absolute Gasteiger partial charge is 0.356 e. The van der Waals surface area contributed by atoms with Crippen molar-refractivity contribution >= 4 is 23.4 Å². The quantitative estimate of drug-likeness (QED) is 0.576. The minimum atomic E-state index is -0.448. The van der Waals surface area contributed by atoms with Crippen molar-refractivity contribution in [3.05, 3.63) is 107 Å². The predicted molar refractivity (Wildman–Crippen MR) is 116 cm³/mol. The van der Waals surface area contributed by atoms with Crippen molar-refractivity contribution in [1.29, 1.82) is 0 Å². The van der Waals surface area contributed by atoms with Gasteiger partial charge in [0.25, 0.3) is 5.91 Å². The van der Waals surface area contributed by atoms with Crippen molar-refractivity contribution in [2.24, 2.45) is 0 Å². The van der Waals surface area contributed by atoms with E-state index in [1.807, 2.05) is 60.7 Å². The zero-order valence-electron chi connectivity index (χ0n) is 16.0. The van der Waals surface area contributed by atoms with Crippen LogP contribution >= 0.6 is 11.6 Å². The molecule has 3 aromatic rings. The monoisotopic (exact) mass is 406 g/mol. The average Bonchev–Trinajstić information content (AvgIpc) is 2.75. The van der Waals surface area contributed by atoms with E-state index in [1.165, 1.54) is 5.56 Å².